The van der Waals surface area contributed by atoms with E-state index in [0.717, 1.165) is 10.0 Å². The average Bonchev–Trinajstić information content (AvgIpc) is 2.46. The molecule has 2 aromatic rings. The second-order valence-corrected chi connectivity index (χ2v) is 4.96. The molecule has 2 rings (SSSR count). The molecule has 0 fully saturated rings. The summed E-state index contributed by atoms with van der Waals surface area (Å²) in [5.41, 5.74) is 1.51. The Labute approximate surface area is 125 Å². The van der Waals surface area contributed by atoms with Crippen LogP contribution in [0.15, 0.2) is 64.6 Å². The van der Waals surface area contributed by atoms with Gasteiger partial charge in [0.15, 0.2) is 0 Å². The molecule has 2 aromatic carbocycles. The van der Waals surface area contributed by atoms with Crippen LogP contribution in [0.25, 0.3) is 6.08 Å². The van der Waals surface area contributed by atoms with Crippen LogP contribution in [0.2, 0.25) is 0 Å². The molecule has 98 valence electrons. The van der Waals surface area contributed by atoms with Crippen molar-refractivity contribution in [2.45, 2.75) is 0 Å². The number of carbonyl (C=O) groups is 1. The van der Waals surface area contributed by atoms with Crippen LogP contribution in [-0.4, -0.2) is 5.91 Å². The molecule has 0 aromatic heterocycles. The van der Waals surface area contributed by atoms with Crippen LogP contribution in [0, 0.1) is 11.3 Å². The number of nitrogens with one attached hydrogen (secondary N) is 1. The summed E-state index contributed by atoms with van der Waals surface area (Å²) < 4.78 is 0.895. The monoisotopic (exact) mass is 326 g/mol. The molecule has 0 heterocycles. The van der Waals surface area contributed by atoms with Crippen LogP contribution in [-0.2, 0) is 4.79 Å². The van der Waals surface area contributed by atoms with Gasteiger partial charge in [0.05, 0.1) is 0 Å². The van der Waals surface area contributed by atoms with Crippen molar-refractivity contribution in [3.8, 4) is 6.07 Å². The van der Waals surface area contributed by atoms with E-state index in [-0.39, 0.29) is 5.57 Å². The Morgan fingerprint density at radius 1 is 1.15 bits per heavy atom. The van der Waals surface area contributed by atoms with Crippen LogP contribution < -0.4 is 5.32 Å². The van der Waals surface area contributed by atoms with E-state index in [1.165, 1.54) is 0 Å². The number of nitriles is 1. The van der Waals surface area contributed by atoms with Crippen molar-refractivity contribution >= 4 is 33.6 Å². The van der Waals surface area contributed by atoms with Gasteiger partial charge in [-0.25, -0.2) is 0 Å². The molecular weight excluding hydrogens is 316 g/mol. The molecule has 0 saturated heterocycles. The van der Waals surface area contributed by atoms with Crippen molar-refractivity contribution in [3.63, 3.8) is 0 Å². The zero-order valence-electron chi connectivity index (χ0n) is 10.5. The number of para-hydroxylation sites is 1. The molecule has 0 aliphatic rings. The molecule has 0 atom stereocenters. The van der Waals surface area contributed by atoms with E-state index < -0.39 is 5.91 Å². The Bertz CT molecular complexity index is 687. The predicted molar refractivity (Wildman–Crippen MR) is 82.8 cm³/mol. The Morgan fingerprint density at radius 3 is 2.55 bits per heavy atom. The van der Waals surface area contributed by atoms with Gasteiger partial charge in [-0.15, -0.1) is 0 Å². The van der Waals surface area contributed by atoms with E-state index in [2.05, 4.69) is 21.2 Å². The average molecular weight is 327 g/mol. The molecule has 0 spiro atoms. The topological polar surface area (TPSA) is 52.9 Å². The van der Waals surface area contributed by atoms with E-state index >= 15 is 0 Å². The fraction of sp³-hybridized carbons (Fsp3) is 0. The maximum atomic E-state index is 12.0. The third-order valence-corrected chi connectivity index (χ3v) is 3.05. The first-order chi connectivity index (χ1) is 9.69. The van der Waals surface area contributed by atoms with Gasteiger partial charge in [0.2, 0.25) is 0 Å². The van der Waals surface area contributed by atoms with Crippen LogP contribution in [0.4, 0.5) is 5.69 Å². The summed E-state index contributed by atoms with van der Waals surface area (Å²) in [5, 5.41) is 11.8. The molecule has 0 unspecified atom stereocenters. The van der Waals surface area contributed by atoms with Crippen molar-refractivity contribution in [3.05, 3.63) is 70.2 Å². The minimum Gasteiger partial charge on any atom is -0.321 e. The zero-order valence-corrected chi connectivity index (χ0v) is 12.1. The number of benzene rings is 2. The third-order valence-electron chi connectivity index (χ3n) is 2.56. The molecule has 1 amide bonds. The maximum Gasteiger partial charge on any atom is 0.266 e. The highest BCUT2D eigenvalue weighted by molar-refractivity contribution is 9.10. The molecule has 0 radical (unpaired) electrons. The number of amides is 1. The Balaban J connectivity index is 2.20. The Kier molecular flexibility index (Phi) is 4.70. The van der Waals surface area contributed by atoms with Crippen LogP contribution >= 0.6 is 15.9 Å². The van der Waals surface area contributed by atoms with Gasteiger partial charge in [-0.3, -0.25) is 4.79 Å². The van der Waals surface area contributed by atoms with Crippen molar-refractivity contribution in [1.82, 2.24) is 0 Å². The molecule has 0 saturated carbocycles. The first-order valence-corrected chi connectivity index (χ1v) is 6.72. The summed E-state index contributed by atoms with van der Waals surface area (Å²) in [7, 11) is 0. The minimum absolute atomic E-state index is 0.0620. The lowest BCUT2D eigenvalue weighted by atomic mass is 10.1. The van der Waals surface area contributed by atoms with Crippen molar-refractivity contribution in [2.75, 3.05) is 5.32 Å². The second kappa shape index (κ2) is 6.69. The number of nitrogens with zero attached hydrogens (tertiary/aromatic N) is 1. The largest absolute Gasteiger partial charge is 0.321 e. The molecule has 0 aliphatic carbocycles. The third kappa shape index (κ3) is 3.81. The smallest absolute Gasteiger partial charge is 0.266 e. The summed E-state index contributed by atoms with van der Waals surface area (Å²) >= 11 is 3.35. The number of hydrogen-bond donors (Lipinski definition) is 1. The zero-order chi connectivity index (χ0) is 14.4. The van der Waals surface area contributed by atoms with Crippen LogP contribution in [0.3, 0.4) is 0 Å². The fourth-order valence-corrected chi connectivity index (χ4v) is 2.05. The Hall–Kier alpha value is -2.38. The molecule has 1 N–H and O–H groups in total. The Morgan fingerprint density at radius 2 is 1.90 bits per heavy atom. The van der Waals surface area contributed by atoms with Gasteiger partial charge in [-0.2, -0.15) is 5.26 Å². The molecular formula is C16H11BrN2O. The van der Waals surface area contributed by atoms with Crippen molar-refractivity contribution in [1.29, 1.82) is 5.26 Å². The molecule has 20 heavy (non-hydrogen) atoms. The summed E-state index contributed by atoms with van der Waals surface area (Å²) in [6.07, 6.45) is 1.56. The lowest BCUT2D eigenvalue weighted by molar-refractivity contribution is -0.112. The second-order valence-electron chi connectivity index (χ2n) is 4.04. The summed E-state index contributed by atoms with van der Waals surface area (Å²) in [5.74, 6) is -0.418. The number of rotatable bonds is 3. The summed E-state index contributed by atoms with van der Waals surface area (Å²) in [6.45, 7) is 0. The number of anilines is 1. The van der Waals surface area contributed by atoms with Crippen molar-refractivity contribution < 1.29 is 4.79 Å². The lowest BCUT2D eigenvalue weighted by Gasteiger charge is -2.03. The SMILES string of the molecule is N#C/C(=C/c1cccc(Br)c1)C(=O)Nc1ccccc1. The molecule has 4 heteroatoms. The highest BCUT2D eigenvalue weighted by Gasteiger charge is 2.09. The first-order valence-electron chi connectivity index (χ1n) is 5.93. The lowest BCUT2D eigenvalue weighted by Crippen LogP contribution is -2.13. The van der Waals surface area contributed by atoms with Gasteiger partial charge in [0.25, 0.3) is 5.91 Å². The quantitative estimate of drug-likeness (QED) is 0.684. The number of halogens is 1. The van der Waals surface area contributed by atoms with Crippen LogP contribution in [0.5, 0.6) is 0 Å². The standard InChI is InChI=1S/C16H11BrN2O/c17-14-6-4-5-12(10-14)9-13(11-18)16(20)19-15-7-2-1-3-8-15/h1-10H,(H,19,20)/b13-9-. The van der Waals surface area contributed by atoms with Gasteiger partial charge in [0.1, 0.15) is 11.6 Å². The predicted octanol–water partition coefficient (Wildman–Crippen LogP) is 3.99. The first kappa shape index (κ1) is 14.0. The maximum absolute atomic E-state index is 12.0. The normalized spacial score (nSPS) is 10.7. The van der Waals surface area contributed by atoms with E-state index in [9.17, 15) is 4.79 Å². The minimum atomic E-state index is -0.418. The van der Waals surface area contributed by atoms with E-state index in [4.69, 9.17) is 5.26 Å². The molecule has 0 bridgehead atoms. The fourth-order valence-electron chi connectivity index (χ4n) is 1.63. The van der Waals surface area contributed by atoms with E-state index in [1.807, 2.05) is 48.5 Å². The number of hydrogen-bond acceptors (Lipinski definition) is 2. The van der Waals surface area contributed by atoms with Gasteiger partial charge in [-0.1, -0.05) is 46.3 Å². The van der Waals surface area contributed by atoms with Gasteiger partial charge < -0.3 is 5.32 Å². The van der Waals surface area contributed by atoms with E-state index in [1.54, 1.807) is 18.2 Å². The van der Waals surface area contributed by atoms with Crippen molar-refractivity contribution in [2.24, 2.45) is 0 Å². The molecule has 0 aliphatic heterocycles. The van der Waals surface area contributed by atoms with Gasteiger partial charge in [-0.05, 0) is 35.9 Å². The summed E-state index contributed by atoms with van der Waals surface area (Å²) in [4.78, 5) is 12.0. The summed E-state index contributed by atoms with van der Waals surface area (Å²) in [6, 6.07) is 18.4. The molecule has 3 nitrogen and oxygen atoms in total. The van der Waals surface area contributed by atoms with E-state index in [0.29, 0.717) is 5.69 Å². The van der Waals surface area contributed by atoms with Gasteiger partial charge in [0, 0.05) is 10.2 Å². The highest BCUT2D eigenvalue weighted by atomic mass is 79.9. The van der Waals surface area contributed by atoms with Crippen LogP contribution in [0.1, 0.15) is 5.56 Å². The highest BCUT2D eigenvalue weighted by Crippen LogP contribution is 2.15. The van der Waals surface area contributed by atoms with Gasteiger partial charge >= 0.3 is 0 Å². The number of carbonyl (C=O) groups excluding carboxylic acids is 1.